The monoisotopic (exact) mass is 535 g/mol. The minimum absolute atomic E-state index is 0. The number of halogens is 9. The van der Waals surface area contributed by atoms with Crippen molar-refractivity contribution in [2.75, 3.05) is 6.54 Å². The standard InChI is InChI=1S/C21H17F8NO2S.ClH/c22-14-2-1-3-15(11-14)33(31,32)18-8-9-30-17(18)7-4-12-10-13(5-6-16(12)18)19(23,20(24,25)26)21(27,28)29;/h1-3,5-6,10-11,17,30H,4,7-9H2;1H. The maximum atomic E-state index is 14.6. The Morgan fingerprint density at radius 3 is 2.18 bits per heavy atom. The van der Waals surface area contributed by atoms with E-state index in [2.05, 4.69) is 5.32 Å². The van der Waals surface area contributed by atoms with Crippen molar-refractivity contribution in [3.05, 3.63) is 65.0 Å². The summed E-state index contributed by atoms with van der Waals surface area (Å²) in [5, 5.41) is 3.02. The number of hydrogen-bond donors (Lipinski definition) is 1. The van der Waals surface area contributed by atoms with E-state index in [0.29, 0.717) is 12.1 Å². The van der Waals surface area contributed by atoms with E-state index in [9.17, 15) is 43.5 Å². The van der Waals surface area contributed by atoms with E-state index in [0.717, 1.165) is 18.2 Å². The Morgan fingerprint density at radius 1 is 0.941 bits per heavy atom. The van der Waals surface area contributed by atoms with Gasteiger partial charge in [0.15, 0.2) is 9.84 Å². The molecule has 2 aromatic rings. The molecule has 1 aliphatic carbocycles. The van der Waals surface area contributed by atoms with Crippen LogP contribution in [0.15, 0.2) is 47.4 Å². The summed E-state index contributed by atoms with van der Waals surface area (Å²) in [7, 11) is -4.34. The van der Waals surface area contributed by atoms with Crippen LogP contribution in [0.1, 0.15) is 29.5 Å². The molecule has 188 valence electrons. The van der Waals surface area contributed by atoms with Crippen LogP contribution in [0.2, 0.25) is 0 Å². The van der Waals surface area contributed by atoms with E-state index < -0.39 is 50.0 Å². The first kappa shape index (κ1) is 26.7. The largest absolute Gasteiger partial charge is 0.435 e. The van der Waals surface area contributed by atoms with Crippen LogP contribution in [0.3, 0.4) is 0 Å². The maximum absolute atomic E-state index is 14.6. The summed E-state index contributed by atoms with van der Waals surface area (Å²) in [6, 6.07) is 5.12. The maximum Gasteiger partial charge on any atom is 0.435 e. The lowest BCUT2D eigenvalue weighted by atomic mass is 9.77. The van der Waals surface area contributed by atoms with E-state index in [1.165, 1.54) is 12.1 Å². The highest BCUT2D eigenvalue weighted by molar-refractivity contribution is 7.92. The predicted octanol–water partition coefficient (Wildman–Crippen LogP) is 5.51. The molecule has 13 heteroatoms. The number of rotatable bonds is 3. The van der Waals surface area contributed by atoms with Crippen LogP contribution in [-0.4, -0.2) is 33.4 Å². The fraction of sp³-hybridized carbons (Fsp3) is 0.429. The van der Waals surface area contributed by atoms with Crippen LogP contribution in [0.5, 0.6) is 0 Å². The highest BCUT2D eigenvalue weighted by atomic mass is 35.5. The van der Waals surface area contributed by atoms with Crippen LogP contribution in [0.25, 0.3) is 0 Å². The van der Waals surface area contributed by atoms with E-state index in [1.54, 1.807) is 0 Å². The molecule has 2 aromatic carbocycles. The molecule has 1 N–H and O–H groups in total. The van der Waals surface area contributed by atoms with Crippen molar-refractivity contribution < 1.29 is 43.5 Å². The molecule has 34 heavy (non-hydrogen) atoms. The fourth-order valence-electron chi connectivity index (χ4n) is 4.96. The molecule has 2 atom stereocenters. The van der Waals surface area contributed by atoms with Crippen molar-refractivity contribution in [2.24, 2.45) is 0 Å². The van der Waals surface area contributed by atoms with Gasteiger partial charge in [-0.2, -0.15) is 26.3 Å². The van der Waals surface area contributed by atoms with Crippen LogP contribution in [-0.2, 0) is 26.7 Å². The first-order valence-corrected chi connectivity index (χ1v) is 11.3. The zero-order chi connectivity index (χ0) is 24.4. The Balaban J connectivity index is 0.00000324. The summed E-state index contributed by atoms with van der Waals surface area (Å²) >= 11 is 0. The number of alkyl halides is 7. The van der Waals surface area contributed by atoms with E-state index >= 15 is 0 Å². The molecular weight excluding hydrogens is 518 g/mol. The van der Waals surface area contributed by atoms with Gasteiger partial charge in [-0.05, 0) is 55.1 Å². The summed E-state index contributed by atoms with van der Waals surface area (Å²) in [6.45, 7) is 0.207. The van der Waals surface area contributed by atoms with Crippen molar-refractivity contribution >= 4 is 22.2 Å². The normalized spacial score (nSPS) is 23.1. The molecule has 0 amide bonds. The van der Waals surface area contributed by atoms with Gasteiger partial charge in [0, 0.05) is 11.6 Å². The third-order valence-electron chi connectivity index (χ3n) is 6.48. The van der Waals surface area contributed by atoms with Crippen molar-refractivity contribution in [1.29, 1.82) is 0 Å². The molecule has 2 unspecified atom stereocenters. The van der Waals surface area contributed by atoms with E-state index in [1.807, 2.05) is 0 Å². The zero-order valence-electron chi connectivity index (χ0n) is 17.1. The third-order valence-corrected chi connectivity index (χ3v) is 9.02. The Morgan fingerprint density at radius 2 is 1.59 bits per heavy atom. The van der Waals surface area contributed by atoms with E-state index in [-0.39, 0.29) is 54.2 Å². The number of nitrogens with one attached hydrogen (secondary N) is 1. The Kier molecular flexibility index (Phi) is 6.54. The minimum atomic E-state index is -6.28. The van der Waals surface area contributed by atoms with Gasteiger partial charge < -0.3 is 5.32 Å². The van der Waals surface area contributed by atoms with Crippen molar-refractivity contribution in [3.8, 4) is 0 Å². The summed E-state index contributed by atoms with van der Waals surface area (Å²) in [5.41, 5.74) is -7.41. The van der Waals surface area contributed by atoms with Gasteiger partial charge in [-0.25, -0.2) is 17.2 Å². The van der Waals surface area contributed by atoms with Crippen LogP contribution < -0.4 is 5.32 Å². The van der Waals surface area contributed by atoms with Crippen molar-refractivity contribution in [1.82, 2.24) is 5.32 Å². The second-order valence-electron chi connectivity index (χ2n) is 8.17. The molecule has 0 radical (unpaired) electrons. The smallest absolute Gasteiger partial charge is 0.312 e. The number of hydrogen-bond acceptors (Lipinski definition) is 3. The molecule has 3 nitrogen and oxygen atoms in total. The molecule has 0 saturated carbocycles. The molecule has 1 heterocycles. The number of aryl methyl sites for hydroxylation is 1. The minimum Gasteiger partial charge on any atom is -0.312 e. The lowest BCUT2D eigenvalue weighted by Crippen LogP contribution is -2.51. The van der Waals surface area contributed by atoms with Gasteiger partial charge >= 0.3 is 18.0 Å². The number of fused-ring (bicyclic) bond motifs is 3. The van der Waals surface area contributed by atoms with Crippen molar-refractivity contribution in [3.63, 3.8) is 0 Å². The van der Waals surface area contributed by atoms with Crippen molar-refractivity contribution in [2.45, 2.75) is 53.0 Å². The number of benzene rings is 2. The fourth-order valence-corrected chi connectivity index (χ4v) is 7.34. The Hall–Kier alpha value is -1.92. The zero-order valence-corrected chi connectivity index (χ0v) is 18.7. The molecular formula is C21H18ClF8NO2S. The first-order valence-electron chi connectivity index (χ1n) is 9.86. The Labute approximate surface area is 195 Å². The van der Waals surface area contributed by atoms with Gasteiger partial charge in [0.2, 0.25) is 0 Å². The molecule has 0 bridgehead atoms. The van der Waals surface area contributed by atoms with Gasteiger partial charge in [-0.15, -0.1) is 12.4 Å². The molecule has 2 aliphatic rings. The molecule has 1 saturated heterocycles. The molecule has 1 fully saturated rings. The number of sulfone groups is 1. The molecule has 0 spiro atoms. The lowest BCUT2D eigenvalue weighted by molar-refractivity contribution is -0.348. The van der Waals surface area contributed by atoms with Gasteiger partial charge in [0.25, 0.3) is 0 Å². The average molecular weight is 536 g/mol. The highest BCUT2D eigenvalue weighted by Crippen LogP contribution is 2.55. The first-order chi connectivity index (χ1) is 15.2. The van der Waals surface area contributed by atoms with E-state index in [4.69, 9.17) is 0 Å². The second-order valence-corrected chi connectivity index (χ2v) is 10.4. The van der Waals surface area contributed by atoms with Crippen LogP contribution in [0, 0.1) is 5.82 Å². The van der Waals surface area contributed by atoms with Crippen LogP contribution in [0.4, 0.5) is 35.1 Å². The van der Waals surface area contributed by atoms with Gasteiger partial charge in [0.05, 0.1) is 4.90 Å². The Bertz CT molecular complexity index is 1180. The third kappa shape index (κ3) is 3.60. The molecule has 4 rings (SSSR count). The van der Waals surface area contributed by atoms with Gasteiger partial charge in [-0.1, -0.05) is 24.3 Å². The predicted molar refractivity (Wildman–Crippen MR) is 109 cm³/mol. The second kappa shape index (κ2) is 8.34. The van der Waals surface area contributed by atoms with Crippen LogP contribution >= 0.6 is 12.4 Å². The van der Waals surface area contributed by atoms with Gasteiger partial charge in [0.1, 0.15) is 10.6 Å². The molecule has 0 aromatic heterocycles. The molecule has 1 aliphatic heterocycles. The highest BCUT2D eigenvalue weighted by Gasteiger charge is 2.73. The topological polar surface area (TPSA) is 46.2 Å². The summed E-state index contributed by atoms with van der Waals surface area (Å²) < 4.78 is 133. The summed E-state index contributed by atoms with van der Waals surface area (Å²) in [6.07, 6.45) is -12.6. The summed E-state index contributed by atoms with van der Waals surface area (Å²) in [5.74, 6) is -0.820. The summed E-state index contributed by atoms with van der Waals surface area (Å²) in [4.78, 5) is -0.362. The average Bonchev–Trinajstić information content (AvgIpc) is 3.17. The quantitative estimate of drug-likeness (QED) is 0.527. The van der Waals surface area contributed by atoms with Gasteiger partial charge in [-0.3, -0.25) is 0 Å². The SMILES string of the molecule is Cl.O=S(=O)(c1cccc(F)c1)C12CCNC1CCc1cc(C(F)(C(F)(F)F)C(F)(F)F)ccc12. The lowest BCUT2D eigenvalue weighted by Gasteiger charge is -2.41.